The first-order valence-electron chi connectivity index (χ1n) is 9.29. The van der Waals surface area contributed by atoms with Crippen LogP contribution in [0, 0.1) is 5.82 Å². The number of nitrogens with zero attached hydrogens (tertiary/aromatic N) is 3. The van der Waals surface area contributed by atoms with Crippen molar-refractivity contribution in [1.29, 1.82) is 0 Å². The molecule has 6 heteroatoms. The first-order chi connectivity index (χ1) is 13.1. The van der Waals surface area contributed by atoms with Crippen LogP contribution in [-0.4, -0.2) is 42.0 Å². The normalized spacial score (nSPS) is 14.7. The molecule has 1 amide bonds. The summed E-state index contributed by atoms with van der Waals surface area (Å²) in [6, 6.07) is 13.0. The molecule has 1 fully saturated rings. The van der Waals surface area contributed by atoms with Gasteiger partial charge >= 0.3 is 0 Å². The molecular formula is C21H22FN3OS. The molecule has 0 unspecified atom stereocenters. The third-order valence-electron chi connectivity index (χ3n) is 5.03. The second-order valence-corrected chi connectivity index (χ2v) is 7.83. The Morgan fingerprint density at radius 1 is 1.07 bits per heavy atom. The van der Waals surface area contributed by atoms with Crippen LogP contribution in [0.4, 0.5) is 9.52 Å². The zero-order valence-electron chi connectivity index (χ0n) is 15.3. The molecule has 0 aliphatic carbocycles. The van der Waals surface area contributed by atoms with Gasteiger partial charge in [0.05, 0.1) is 16.6 Å². The van der Waals surface area contributed by atoms with Crippen LogP contribution < -0.4 is 4.90 Å². The Balaban J connectivity index is 1.36. The molecule has 4 rings (SSSR count). The van der Waals surface area contributed by atoms with Gasteiger partial charge in [0.1, 0.15) is 5.82 Å². The lowest BCUT2D eigenvalue weighted by Gasteiger charge is -2.34. The number of aromatic nitrogens is 1. The molecule has 4 nitrogen and oxygen atoms in total. The molecule has 0 saturated carbocycles. The smallest absolute Gasteiger partial charge is 0.227 e. The number of benzene rings is 2. The number of fused-ring (bicyclic) bond motifs is 1. The summed E-state index contributed by atoms with van der Waals surface area (Å²) < 4.78 is 14.2. The van der Waals surface area contributed by atoms with Crippen LogP contribution in [0.5, 0.6) is 0 Å². The number of piperazine rings is 1. The molecule has 2 heterocycles. The van der Waals surface area contributed by atoms with Crippen molar-refractivity contribution in [3.63, 3.8) is 0 Å². The molecule has 0 bridgehead atoms. The van der Waals surface area contributed by atoms with E-state index >= 15 is 0 Å². The highest BCUT2D eigenvalue weighted by atomic mass is 32.1. The van der Waals surface area contributed by atoms with E-state index in [1.165, 1.54) is 29.0 Å². The van der Waals surface area contributed by atoms with E-state index in [1.807, 2.05) is 17.0 Å². The molecule has 0 atom stereocenters. The van der Waals surface area contributed by atoms with Gasteiger partial charge in [0, 0.05) is 26.2 Å². The summed E-state index contributed by atoms with van der Waals surface area (Å²) in [6.07, 6.45) is 1.46. The number of carbonyl (C=O) groups is 1. The number of halogens is 1. The van der Waals surface area contributed by atoms with E-state index in [4.69, 9.17) is 0 Å². The molecule has 3 aromatic rings. The average molecular weight is 383 g/mol. The molecule has 1 aliphatic heterocycles. The van der Waals surface area contributed by atoms with Gasteiger partial charge in [-0.25, -0.2) is 9.37 Å². The Morgan fingerprint density at radius 3 is 2.48 bits per heavy atom. The molecule has 27 heavy (non-hydrogen) atoms. The fourth-order valence-electron chi connectivity index (χ4n) is 3.35. The summed E-state index contributed by atoms with van der Waals surface area (Å²) in [6.45, 7) is 5.01. The van der Waals surface area contributed by atoms with Crippen LogP contribution in [0.1, 0.15) is 18.1 Å². The number of amides is 1. The number of thiazole rings is 1. The summed E-state index contributed by atoms with van der Waals surface area (Å²) in [5.41, 5.74) is 3.17. The summed E-state index contributed by atoms with van der Waals surface area (Å²) >= 11 is 1.51. The van der Waals surface area contributed by atoms with Gasteiger partial charge in [0.15, 0.2) is 5.13 Å². The van der Waals surface area contributed by atoms with Crippen molar-refractivity contribution in [1.82, 2.24) is 9.88 Å². The van der Waals surface area contributed by atoms with Crippen molar-refractivity contribution < 1.29 is 9.18 Å². The van der Waals surface area contributed by atoms with E-state index in [-0.39, 0.29) is 11.7 Å². The minimum atomic E-state index is -0.236. The number of anilines is 1. The summed E-state index contributed by atoms with van der Waals surface area (Å²) in [7, 11) is 0. The van der Waals surface area contributed by atoms with Crippen molar-refractivity contribution in [2.24, 2.45) is 0 Å². The quantitative estimate of drug-likeness (QED) is 0.686. The maximum Gasteiger partial charge on any atom is 0.227 e. The molecule has 0 N–H and O–H groups in total. The third kappa shape index (κ3) is 3.95. The molecule has 2 aromatic carbocycles. The molecule has 0 radical (unpaired) electrons. The number of rotatable bonds is 4. The van der Waals surface area contributed by atoms with Crippen molar-refractivity contribution in [2.45, 2.75) is 19.8 Å². The lowest BCUT2D eigenvalue weighted by atomic mass is 10.1. The molecular weight excluding hydrogens is 361 g/mol. The first kappa shape index (κ1) is 17.9. The van der Waals surface area contributed by atoms with Crippen LogP contribution in [0.25, 0.3) is 10.2 Å². The average Bonchev–Trinajstić information content (AvgIpc) is 3.12. The van der Waals surface area contributed by atoms with Crippen molar-refractivity contribution in [3.8, 4) is 0 Å². The Bertz CT molecular complexity index is 946. The largest absolute Gasteiger partial charge is 0.345 e. The van der Waals surface area contributed by atoms with Crippen LogP contribution >= 0.6 is 11.3 Å². The molecule has 1 aliphatic rings. The van der Waals surface area contributed by atoms with Crippen LogP contribution in [0.3, 0.4) is 0 Å². The Morgan fingerprint density at radius 2 is 1.78 bits per heavy atom. The lowest BCUT2D eigenvalue weighted by molar-refractivity contribution is -0.130. The SMILES string of the molecule is CCc1ccc(CC(=O)N2CCN(c3nc4ccc(F)cc4s3)CC2)cc1. The maximum absolute atomic E-state index is 13.4. The summed E-state index contributed by atoms with van der Waals surface area (Å²) in [5.74, 6) is -0.0645. The van der Waals surface area contributed by atoms with Crippen molar-refractivity contribution in [3.05, 3.63) is 59.4 Å². The molecule has 0 spiro atoms. The Hall–Kier alpha value is -2.47. The van der Waals surface area contributed by atoms with E-state index in [1.54, 1.807) is 6.07 Å². The Labute approximate surface area is 162 Å². The Kier molecular flexibility index (Phi) is 5.07. The fraction of sp³-hybridized carbons (Fsp3) is 0.333. The fourth-order valence-corrected chi connectivity index (χ4v) is 4.39. The van der Waals surface area contributed by atoms with E-state index in [9.17, 15) is 9.18 Å². The highest BCUT2D eigenvalue weighted by molar-refractivity contribution is 7.22. The molecule has 1 aromatic heterocycles. The van der Waals surface area contributed by atoms with Gasteiger partial charge in [-0.3, -0.25) is 4.79 Å². The predicted molar refractivity (Wildman–Crippen MR) is 108 cm³/mol. The van der Waals surface area contributed by atoms with Crippen molar-refractivity contribution >= 4 is 32.6 Å². The van der Waals surface area contributed by atoms with Gasteiger partial charge in [0.2, 0.25) is 5.91 Å². The monoisotopic (exact) mass is 383 g/mol. The van der Waals surface area contributed by atoms with E-state index < -0.39 is 0 Å². The maximum atomic E-state index is 13.4. The van der Waals surface area contributed by atoms with Crippen molar-refractivity contribution in [2.75, 3.05) is 31.1 Å². The minimum absolute atomic E-state index is 0.172. The van der Waals surface area contributed by atoms with Gasteiger partial charge in [-0.15, -0.1) is 0 Å². The second kappa shape index (κ2) is 7.64. The van der Waals surface area contributed by atoms with Gasteiger partial charge in [-0.2, -0.15) is 0 Å². The zero-order chi connectivity index (χ0) is 18.8. The lowest BCUT2D eigenvalue weighted by Crippen LogP contribution is -2.49. The van der Waals surface area contributed by atoms with Crippen LogP contribution in [0.15, 0.2) is 42.5 Å². The zero-order valence-corrected chi connectivity index (χ0v) is 16.1. The molecule has 1 saturated heterocycles. The summed E-state index contributed by atoms with van der Waals surface area (Å²) in [5, 5.41) is 0.901. The van der Waals surface area contributed by atoms with Gasteiger partial charge in [-0.05, 0) is 35.7 Å². The van der Waals surface area contributed by atoms with Crippen LogP contribution in [-0.2, 0) is 17.6 Å². The molecule has 140 valence electrons. The standard InChI is InChI=1S/C21H22FN3OS/c1-2-15-3-5-16(6-4-15)13-20(26)24-9-11-25(12-10-24)21-23-18-8-7-17(22)14-19(18)27-21/h3-8,14H,2,9-13H2,1H3. The predicted octanol–water partition coefficient (Wildman–Crippen LogP) is 3.89. The number of hydrogen-bond donors (Lipinski definition) is 0. The highest BCUT2D eigenvalue weighted by Gasteiger charge is 2.23. The second-order valence-electron chi connectivity index (χ2n) is 6.82. The minimum Gasteiger partial charge on any atom is -0.345 e. The van der Waals surface area contributed by atoms with E-state index in [0.29, 0.717) is 19.5 Å². The first-order valence-corrected chi connectivity index (χ1v) is 10.1. The van der Waals surface area contributed by atoms with Gasteiger partial charge < -0.3 is 9.80 Å². The number of hydrogen-bond acceptors (Lipinski definition) is 4. The summed E-state index contributed by atoms with van der Waals surface area (Å²) in [4.78, 5) is 21.3. The van der Waals surface area contributed by atoms with Gasteiger partial charge in [-0.1, -0.05) is 42.5 Å². The van der Waals surface area contributed by atoms with E-state index in [0.717, 1.165) is 40.4 Å². The van der Waals surface area contributed by atoms with E-state index in [2.05, 4.69) is 28.9 Å². The highest BCUT2D eigenvalue weighted by Crippen LogP contribution is 2.29. The van der Waals surface area contributed by atoms with Gasteiger partial charge in [0.25, 0.3) is 0 Å². The third-order valence-corrected chi connectivity index (χ3v) is 6.11. The topological polar surface area (TPSA) is 36.4 Å². The van der Waals surface area contributed by atoms with Crippen LogP contribution in [0.2, 0.25) is 0 Å². The number of carbonyl (C=O) groups excluding carboxylic acids is 1. The number of aryl methyl sites for hydroxylation is 1.